The molecule has 0 heterocycles. The smallest absolute Gasteiger partial charge is 0.326 e. The van der Waals surface area contributed by atoms with E-state index in [1.807, 2.05) is 0 Å². The molecule has 27 heavy (non-hydrogen) atoms. The highest BCUT2D eigenvalue weighted by Crippen LogP contribution is 2.40. The summed E-state index contributed by atoms with van der Waals surface area (Å²) in [6.07, 6.45) is -4.04. The van der Waals surface area contributed by atoms with Crippen LogP contribution < -0.4 is 10.6 Å². The summed E-state index contributed by atoms with van der Waals surface area (Å²) in [5, 5.41) is 5.83. The second kappa shape index (κ2) is 7.23. The lowest BCUT2D eigenvalue weighted by Crippen LogP contribution is -2.21. The van der Waals surface area contributed by atoms with E-state index in [9.17, 15) is 22.8 Å². The monoisotopic (exact) mass is 396 g/mol. The molecular formula is C19H16ClF3N2O2. The van der Waals surface area contributed by atoms with Gasteiger partial charge in [0.25, 0.3) is 0 Å². The molecular weight excluding hydrogens is 381 g/mol. The third kappa shape index (κ3) is 4.42. The van der Waals surface area contributed by atoms with Crippen molar-refractivity contribution >= 4 is 34.8 Å². The molecule has 0 aliphatic heterocycles. The number of hydrogen-bond acceptors (Lipinski definition) is 2. The number of alkyl halides is 3. The normalized spacial score (nSPS) is 18.7. The van der Waals surface area contributed by atoms with E-state index < -0.39 is 29.5 Å². The molecule has 0 spiro atoms. The summed E-state index contributed by atoms with van der Waals surface area (Å²) in [5.41, 5.74) is 0.783. The number of carbonyl (C=O) groups excluding carboxylic acids is 2. The summed E-state index contributed by atoms with van der Waals surface area (Å²) in [7, 11) is 0. The molecule has 4 nitrogen and oxygen atoms in total. The Kier molecular flexibility index (Phi) is 5.15. The van der Waals surface area contributed by atoms with Crippen molar-refractivity contribution in [1.29, 1.82) is 0 Å². The van der Waals surface area contributed by atoms with Crippen LogP contribution in [0.15, 0.2) is 42.5 Å². The molecule has 1 saturated carbocycles. The van der Waals surface area contributed by atoms with E-state index in [2.05, 4.69) is 10.6 Å². The van der Waals surface area contributed by atoms with Crippen molar-refractivity contribution in [2.75, 3.05) is 10.6 Å². The second-order valence-electron chi connectivity index (χ2n) is 6.41. The number of benzene rings is 2. The van der Waals surface area contributed by atoms with Crippen LogP contribution in [0.4, 0.5) is 24.5 Å². The second-order valence-corrected chi connectivity index (χ2v) is 6.82. The Hall–Kier alpha value is -2.54. The highest BCUT2D eigenvalue weighted by Gasteiger charge is 2.48. The van der Waals surface area contributed by atoms with Crippen LogP contribution in [0.25, 0.3) is 0 Å². The van der Waals surface area contributed by atoms with Gasteiger partial charge in [0.2, 0.25) is 11.8 Å². The van der Waals surface area contributed by atoms with Crippen LogP contribution in [0.5, 0.6) is 0 Å². The van der Waals surface area contributed by atoms with Gasteiger partial charge in [0.15, 0.2) is 0 Å². The van der Waals surface area contributed by atoms with Crippen LogP contribution in [0.3, 0.4) is 0 Å². The van der Waals surface area contributed by atoms with Gasteiger partial charge in [-0.25, -0.2) is 0 Å². The first-order valence-corrected chi connectivity index (χ1v) is 8.58. The first kappa shape index (κ1) is 19.2. The molecule has 2 N–H and O–H groups in total. The van der Waals surface area contributed by atoms with Crippen LogP contribution in [-0.2, 0) is 15.8 Å². The Balaban J connectivity index is 1.57. The van der Waals surface area contributed by atoms with Crippen LogP contribution in [0, 0.1) is 18.8 Å². The summed E-state index contributed by atoms with van der Waals surface area (Å²) in [6, 6.07) is 9.32. The molecule has 2 aromatic rings. The van der Waals surface area contributed by atoms with E-state index in [4.69, 9.17) is 11.6 Å². The Morgan fingerprint density at radius 1 is 1.00 bits per heavy atom. The Morgan fingerprint density at radius 3 is 2.19 bits per heavy atom. The van der Waals surface area contributed by atoms with E-state index in [0.29, 0.717) is 17.1 Å². The molecule has 0 bridgehead atoms. The van der Waals surface area contributed by atoms with Gasteiger partial charge >= 0.3 is 6.18 Å². The fourth-order valence-corrected chi connectivity index (χ4v) is 2.89. The minimum Gasteiger partial charge on any atom is -0.326 e. The molecule has 2 amide bonds. The minimum absolute atomic E-state index is 0.254. The average Bonchev–Trinajstić information content (AvgIpc) is 3.39. The standard InChI is InChI=1S/C19H16ClF3N2O2/c1-10-15(20)3-2-4-16(10)25-18(27)14-9-13(14)17(26)24-12-7-5-11(6-8-12)19(21,22)23/h2-8,13-14H,9H2,1H3,(H,24,26)(H,25,27). The highest BCUT2D eigenvalue weighted by molar-refractivity contribution is 6.31. The van der Waals surface area contributed by atoms with Crippen LogP contribution >= 0.6 is 11.6 Å². The molecule has 8 heteroatoms. The summed E-state index contributed by atoms with van der Waals surface area (Å²) >= 11 is 6.02. The number of rotatable bonds is 4. The van der Waals surface area contributed by atoms with Gasteiger partial charge in [0.1, 0.15) is 0 Å². The molecule has 0 saturated heterocycles. The van der Waals surface area contributed by atoms with E-state index in [0.717, 1.165) is 17.7 Å². The zero-order chi connectivity index (χ0) is 19.8. The maximum absolute atomic E-state index is 12.6. The van der Waals surface area contributed by atoms with Crippen molar-refractivity contribution in [1.82, 2.24) is 0 Å². The summed E-state index contributed by atoms with van der Waals surface area (Å²) in [5.74, 6) is -1.66. The largest absolute Gasteiger partial charge is 0.416 e. The topological polar surface area (TPSA) is 58.2 Å². The molecule has 2 atom stereocenters. The van der Waals surface area contributed by atoms with Crippen molar-refractivity contribution in [2.24, 2.45) is 11.8 Å². The highest BCUT2D eigenvalue weighted by atomic mass is 35.5. The van der Waals surface area contributed by atoms with Crippen molar-refractivity contribution in [3.05, 3.63) is 58.6 Å². The summed E-state index contributed by atoms with van der Waals surface area (Å²) < 4.78 is 37.7. The summed E-state index contributed by atoms with van der Waals surface area (Å²) in [6.45, 7) is 1.78. The maximum atomic E-state index is 12.6. The fraction of sp³-hybridized carbons (Fsp3) is 0.263. The van der Waals surface area contributed by atoms with E-state index in [1.54, 1.807) is 25.1 Å². The first-order valence-electron chi connectivity index (χ1n) is 8.21. The van der Waals surface area contributed by atoms with Gasteiger partial charge in [-0.2, -0.15) is 13.2 Å². The van der Waals surface area contributed by atoms with Crippen molar-refractivity contribution < 1.29 is 22.8 Å². The molecule has 1 fully saturated rings. The predicted molar refractivity (Wildman–Crippen MR) is 96.5 cm³/mol. The van der Waals surface area contributed by atoms with Gasteiger partial charge in [0, 0.05) is 16.4 Å². The Morgan fingerprint density at radius 2 is 1.59 bits per heavy atom. The van der Waals surface area contributed by atoms with Gasteiger partial charge in [0.05, 0.1) is 17.4 Å². The van der Waals surface area contributed by atoms with Crippen LogP contribution in [0.2, 0.25) is 5.02 Å². The molecule has 142 valence electrons. The molecule has 0 aromatic heterocycles. The lowest BCUT2D eigenvalue weighted by atomic mass is 10.2. The van der Waals surface area contributed by atoms with Gasteiger partial charge in [-0.3, -0.25) is 9.59 Å². The number of anilines is 2. The number of amides is 2. The molecule has 1 aliphatic rings. The third-order valence-electron chi connectivity index (χ3n) is 4.47. The fourth-order valence-electron chi connectivity index (χ4n) is 2.72. The Labute approximate surface area is 158 Å². The van der Waals surface area contributed by atoms with Gasteiger partial charge < -0.3 is 10.6 Å². The maximum Gasteiger partial charge on any atom is 0.416 e. The van der Waals surface area contributed by atoms with Crippen molar-refractivity contribution in [3.63, 3.8) is 0 Å². The van der Waals surface area contributed by atoms with E-state index in [-0.39, 0.29) is 11.6 Å². The molecule has 2 aromatic carbocycles. The average molecular weight is 397 g/mol. The Bertz CT molecular complexity index is 882. The van der Waals surface area contributed by atoms with E-state index >= 15 is 0 Å². The number of nitrogens with one attached hydrogen (secondary N) is 2. The SMILES string of the molecule is Cc1c(Cl)cccc1NC(=O)C1CC1C(=O)Nc1ccc(C(F)(F)F)cc1. The molecule has 1 aliphatic carbocycles. The number of halogens is 4. The molecule has 2 unspecified atom stereocenters. The lowest BCUT2D eigenvalue weighted by Gasteiger charge is -2.10. The van der Waals surface area contributed by atoms with Crippen LogP contribution in [0.1, 0.15) is 17.5 Å². The quantitative estimate of drug-likeness (QED) is 0.773. The number of hydrogen-bond donors (Lipinski definition) is 2. The van der Waals surface area contributed by atoms with Gasteiger partial charge in [-0.05, 0) is 55.3 Å². The van der Waals surface area contributed by atoms with Gasteiger partial charge in [-0.15, -0.1) is 0 Å². The number of carbonyl (C=O) groups is 2. The third-order valence-corrected chi connectivity index (χ3v) is 4.88. The zero-order valence-corrected chi connectivity index (χ0v) is 15.0. The van der Waals surface area contributed by atoms with Crippen molar-refractivity contribution in [2.45, 2.75) is 19.5 Å². The molecule has 3 rings (SSSR count). The first-order chi connectivity index (χ1) is 12.7. The lowest BCUT2D eigenvalue weighted by molar-refractivity contribution is -0.137. The molecule has 0 radical (unpaired) electrons. The zero-order valence-electron chi connectivity index (χ0n) is 14.2. The summed E-state index contributed by atoms with van der Waals surface area (Å²) in [4.78, 5) is 24.5. The van der Waals surface area contributed by atoms with E-state index in [1.165, 1.54) is 12.1 Å². The van der Waals surface area contributed by atoms with Crippen LogP contribution in [-0.4, -0.2) is 11.8 Å². The minimum atomic E-state index is -4.43. The predicted octanol–water partition coefficient (Wildman–Crippen LogP) is 4.88. The van der Waals surface area contributed by atoms with Crippen molar-refractivity contribution in [3.8, 4) is 0 Å². The van der Waals surface area contributed by atoms with Gasteiger partial charge in [-0.1, -0.05) is 17.7 Å².